The van der Waals surface area contributed by atoms with Crippen LogP contribution in [0.3, 0.4) is 0 Å². The average molecular weight is 503 g/mol. The largest absolute Gasteiger partial charge is 0.266 e. The van der Waals surface area contributed by atoms with Crippen molar-refractivity contribution in [2.75, 3.05) is 6.54 Å². The predicted octanol–water partition coefficient (Wildman–Crippen LogP) is 2.83. The molecule has 0 aliphatic heterocycles. The van der Waals surface area contributed by atoms with E-state index in [1.807, 2.05) is 47.8 Å². The molecule has 172 valence electrons. The fourth-order valence-electron chi connectivity index (χ4n) is 3.29. The van der Waals surface area contributed by atoms with Gasteiger partial charge in [-0.05, 0) is 41.1 Å². The van der Waals surface area contributed by atoms with Gasteiger partial charge in [0.05, 0.1) is 16.3 Å². The molecule has 2 heterocycles. The molecule has 0 amide bonds. The predicted molar refractivity (Wildman–Crippen MR) is 128 cm³/mol. The molecule has 2 aromatic carbocycles. The highest BCUT2D eigenvalue weighted by atomic mass is 32.2. The zero-order valence-corrected chi connectivity index (χ0v) is 19.9. The van der Waals surface area contributed by atoms with Crippen LogP contribution >= 0.6 is 11.3 Å². The third kappa shape index (κ3) is 5.75. The zero-order valence-electron chi connectivity index (χ0n) is 17.5. The fraction of sp³-hybridized carbons (Fsp3) is 0.136. The van der Waals surface area contributed by atoms with Gasteiger partial charge < -0.3 is 0 Å². The van der Waals surface area contributed by atoms with Crippen LogP contribution in [0.25, 0.3) is 10.6 Å². The van der Waals surface area contributed by atoms with Gasteiger partial charge in [-0.25, -0.2) is 26.7 Å². The normalized spacial score (nSPS) is 12.2. The second kappa shape index (κ2) is 9.57. The van der Waals surface area contributed by atoms with E-state index in [2.05, 4.69) is 9.82 Å². The molecule has 3 N–H and O–H groups in total. The number of sulfonamides is 2. The highest BCUT2D eigenvalue weighted by Crippen LogP contribution is 2.29. The van der Waals surface area contributed by atoms with Crippen LogP contribution in [0.5, 0.6) is 0 Å². The van der Waals surface area contributed by atoms with Gasteiger partial charge in [-0.15, -0.1) is 11.3 Å². The lowest BCUT2D eigenvalue weighted by Crippen LogP contribution is -2.26. The van der Waals surface area contributed by atoms with E-state index in [1.165, 1.54) is 23.5 Å². The molecule has 0 saturated heterocycles. The molecule has 0 radical (unpaired) electrons. The summed E-state index contributed by atoms with van der Waals surface area (Å²) in [5.41, 5.74) is 2.20. The van der Waals surface area contributed by atoms with Crippen LogP contribution in [-0.2, 0) is 33.0 Å². The summed E-state index contributed by atoms with van der Waals surface area (Å²) in [4.78, 5) is 0.893. The minimum atomic E-state index is -3.83. The number of benzene rings is 2. The topological polar surface area (TPSA) is 124 Å². The summed E-state index contributed by atoms with van der Waals surface area (Å²) in [6.45, 7) is 0.593. The van der Waals surface area contributed by atoms with Gasteiger partial charge in [-0.3, -0.25) is 4.68 Å². The second-order valence-corrected chi connectivity index (χ2v) is 11.6. The lowest BCUT2D eigenvalue weighted by molar-refractivity contribution is 0.581. The lowest BCUT2D eigenvalue weighted by Gasteiger charge is -2.07. The van der Waals surface area contributed by atoms with Crippen molar-refractivity contribution in [3.8, 4) is 10.6 Å². The van der Waals surface area contributed by atoms with Gasteiger partial charge in [-0.1, -0.05) is 48.5 Å². The maximum Gasteiger partial charge on any atom is 0.244 e. The van der Waals surface area contributed by atoms with E-state index in [0.29, 0.717) is 18.7 Å². The SMILES string of the molecule is NS(=O)(=O)c1ccc(CCNS(=O)(=O)c2cn(Cc3ccccc3)nc2-c2cccs2)cc1. The van der Waals surface area contributed by atoms with Crippen molar-refractivity contribution in [3.63, 3.8) is 0 Å². The highest BCUT2D eigenvalue weighted by Gasteiger charge is 2.24. The van der Waals surface area contributed by atoms with E-state index < -0.39 is 20.0 Å². The number of thiophene rings is 1. The molecule has 0 atom stereocenters. The van der Waals surface area contributed by atoms with Gasteiger partial charge in [0.25, 0.3) is 0 Å². The standard InChI is InChI=1S/C22H22N4O4S3/c23-32(27,28)19-10-8-17(9-11-19)12-13-24-33(29,30)21-16-26(15-18-5-2-1-3-6-18)25-22(21)20-7-4-14-31-20/h1-11,14,16,24H,12-13,15H2,(H2,23,27,28). The average Bonchev–Trinajstić information content (AvgIpc) is 3.44. The molecule has 0 fully saturated rings. The molecule has 0 unspecified atom stereocenters. The van der Waals surface area contributed by atoms with Crippen LogP contribution < -0.4 is 9.86 Å². The molecular weight excluding hydrogens is 480 g/mol. The van der Waals surface area contributed by atoms with Gasteiger partial charge >= 0.3 is 0 Å². The van der Waals surface area contributed by atoms with Gasteiger partial charge in [0.15, 0.2) is 0 Å². The number of hydrogen-bond donors (Lipinski definition) is 2. The molecule has 0 aliphatic rings. The number of hydrogen-bond acceptors (Lipinski definition) is 6. The number of aromatic nitrogens is 2. The Morgan fingerprint density at radius 1 is 0.909 bits per heavy atom. The summed E-state index contributed by atoms with van der Waals surface area (Å²) >= 11 is 1.42. The molecule has 0 aliphatic carbocycles. The van der Waals surface area contributed by atoms with Crippen molar-refractivity contribution in [2.45, 2.75) is 22.8 Å². The summed E-state index contributed by atoms with van der Waals surface area (Å²) in [6, 6.07) is 19.4. The Hall–Kier alpha value is -2.83. The Morgan fingerprint density at radius 2 is 1.64 bits per heavy atom. The molecular formula is C22H22N4O4S3. The first-order valence-electron chi connectivity index (χ1n) is 9.99. The number of nitrogens with one attached hydrogen (secondary N) is 1. The monoisotopic (exact) mass is 502 g/mol. The van der Waals surface area contributed by atoms with E-state index in [1.54, 1.807) is 23.0 Å². The van der Waals surface area contributed by atoms with Crippen molar-refractivity contribution in [3.05, 3.63) is 89.4 Å². The van der Waals surface area contributed by atoms with E-state index in [9.17, 15) is 16.8 Å². The van der Waals surface area contributed by atoms with E-state index >= 15 is 0 Å². The van der Waals surface area contributed by atoms with E-state index in [0.717, 1.165) is 16.0 Å². The minimum absolute atomic E-state index is 0.0123. The quantitative estimate of drug-likeness (QED) is 0.364. The van der Waals surface area contributed by atoms with E-state index in [-0.39, 0.29) is 16.3 Å². The molecule has 0 saturated carbocycles. The number of nitrogens with two attached hydrogens (primary N) is 1. The zero-order chi connectivity index (χ0) is 23.5. The molecule has 4 aromatic rings. The van der Waals surface area contributed by atoms with Crippen molar-refractivity contribution in [2.24, 2.45) is 5.14 Å². The van der Waals surface area contributed by atoms with Crippen molar-refractivity contribution in [1.82, 2.24) is 14.5 Å². The maximum atomic E-state index is 13.1. The Kier molecular flexibility index (Phi) is 6.77. The van der Waals surface area contributed by atoms with Crippen molar-refractivity contribution < 1.29 is 16.8 Å². The van der Waals surface area contributed by atoms with Gasteiger partial charge in [0.1, 0.15) is 10.6 Å². The highest BCUT2D eigenvalue weighted by molar-refractivity contribution is 7.89. The number of nitrogens with zero attached hydrogens (tertiary/aromatic N) is 2. The van der Waals surface area contributed by atoms with E-state index in [4.69, 9.17) is 5.14 Å². The van der Waals surface area contributed by atoms with Crippen LogP contribution in [0.4, 0.5) is 0 Å². The van der Waals surface area contributed by atoms with Crippen LogP contribution in [0, 0.1) is 0 Å². The van der Waals surface area contributed by atoms with Crippen LogP contribution in [0.15, 0.2) is 88.1 Å². The first-order valence-corrected chi connectivity index (χ1v) is 13.9. The molecule has 0 bridgehead atoms. The molecule has 0 spiro atoms. The second-order valence-electron chi connectivity index (χ2n) is 7.34. The molecule has 4 rings (SSSR count). The first kappa shape index (κ1) is 23.3. The van der Waals surface area contributed by atoms with Gasteiger partial charge in [0.2, 0.25) is 20.0 Å². The third-order valence-electron chi connectivity index (χ3n) is 4.92. The maximum absolute atomic E-state index is 13.1. The summed E-state index contributed by atoms with van der Waals surface area (Å²) in [5, 5.41) is 11.5. The van der Waals surface area contributed by atoms with Crippen LogP contribution in [-0.4, -0.2) is 33.2 Å². The summed E-state index contributed by atoms with van der Waals surface area (Å²) in [6.07, 6.45) is 1.93. The fourth-order valence-corrected chi connectivity index (χ4v) is 5.78. The number of primary sulfonamides is 1. The van der Waals surface area contributed by atoms with Crippen molar-refractivity contribution in [1.29, 1.82) is 0 Å². The first-order chi connectivity index (χ1) is 15.7. The summed E-state index contributed by atoms with van der Waals surface area (Å²) in [5.74, 6) is 0. The summed E-state index contributed by atoms with van der Waals surface area (Å²) in [7, 11) is -7.60. The Balaban J connectivity index is 1.52. The molecule has 2 aromatic heterocycles. The van der Waals surface area contributed by atoms with Crippen LogP contribution in [0.1, 0.15) is 11.1 Å². The summed E-state index contributed by atoms with van der Waals surface area (Å²) < 4.78 is 53.3. The molecule has 33 heavy (non-hydrogen) atoms. The number of rotatable bonds is 9. The molecule has 11 heteroatoms. The molecule has 8 nitrogen and oxygen atoms in total. The Bertz CT molecular complexity index is 1430. The third-order valence-corrected chi connectivity index (χ3v) is 8.19. The smallest absolute Gasteiger partial charge is 0.244 e. The lowest BCUT2D eigenvalue weighted by atomic mass is 10.2. The van der Waals surface area contributed by atoms with Gasteiger partial charge in [-0.2, -0.15) is 5.10 Å². The van der Waals surface area contributed by atoms with Gasteiger partial charge in [0, 0.05) is 12.7 Å². The van der Waals surface area contributed by atoms with Crippen molar-refractivity contribution >= 4 is 31.4 Å². The van der Waals surface area contributed by atoms with Crippen LogP contribution in [0.2, 0.25) is 0 Å². The Morgan fingerprint density at radius 3 is 2.27 bits per heavy atom. The minimum Gasteiger partial charge on any atom is -0.266 e. The Labute approximate surface area is 196 Å².